The molecule has 0 aliphatic rings. The zero-order valence-corrected chi connectivity index (χ0v) is 15.9. The molecule has 0 aromatic heterocycles. The highest BCUT2D eigenvalue weighted by Crippen LogP contribution is 2.04. The molecule has 0 bridgehead atoms. The number of methoxy groups -OCH3 is 2. The number of esters is 2. The van der Waals surface area contributed by atoms with Crippen LogP contribution in [0.25, 0.3) is 0 Å². The molecule has 2 amide bonds. The van der Waals surface area contributed by atoms with Crippen LogP contribution in [-0.4, -0.2) is 74.1 Å². The van der Waals surface area contributed by atoms with Crippen molar-refractivity contribution in [3.05, 3.63) is 0 Å². The average molecular weight is 380 g/mol. The summed E-state index contributed by atoms with van der Waals surface area (Å²) in [6, 6.07) is -1.83. The predicted octanol–water partition coefficient (Wildman–Crippen LogP) is -0.192. The lowest BCUT2D eigenvalue weighted by molar-refractivity contribution is -0.149. The Bertz CT molecular complexity index is 407. The van der Waals surface area contributed by atoms with E-state index in [1.54, 1.807) is 0 Å². The number of carbonyl (C=O) groups is 4. The quantitative estimate of drug-likeness (QED) is 0.396. The largest absolute Gasteiger partial charge is 0.467 e. The minimum Gasteiger partial charge on any atom is -0.467 e. The first kappa shape index (κ1) is 22.6. The minimum atomic E-state index is -0.996. The standard InChI is InChI=1S/C14H24N2O6S2/c1-21-13(19)9(5-7-23-3)15-11(17)12(18)16-10(6-8-24-4)14(20)22-2/h9-10H,5-8H2,1-4H3,(H,15,17)(H,16,18)/t9-,10-/m0/s1. The van der Waals surface area contributed by atoms with Crippen LogP contribution in [0.3, 0.4) is 0 Å². The van der Waals surface area contributed by atoms with E-state index in [1.165, 1.54) is 37.7 Å². The van der Waals surface area contributed by atoms with Gasteiger partial charge in [-0.25, -0.2) is 9.59 Å². The van der Waals surface area contributed by atoms with Crippen LogP contribution in [0.1, 0.15) is 12.8 Å². The molecule has 0 aromatic carbocycles. The summed E-state index contributed by atoms with van der Waals surface area (Å²) in [5.74, 6) is -2.02. The van der Waals surface area contributed by atoms with Gasteiger partial charge in [0.15, 0.2) is 0 Å². The number of rotatable bonds is 10. The predicted molar refractivity (Wildman–Crippen MR) is 93.9 cm³/mol. The van der Waals surface area contributed by atoms with Crippen LogP contribution in [0.4, 0.5) is 0 Å². The highest BCUT2D eigenvalue weighted by molar-refractivity contribution is 7.98. The third kappa shape index (κ3) is 8.44. The molecule has 0 saturated carbocycles. The fourth-order valence-corrected chi connectivity index (χ4v) is 2.64. The molecule has 0 heterocycles. The van der Waals surface area contributed by atoms with Crippen molar-refractivity contribution in [3.8, 4) is 0 Å². The molecule has 0 fully saturated rings. The number of amides is 2. The zero-order valence-electron chi connectivity index (χ0n) is 14.2. The molecular weight excluding hydrogens is 356 g/mol. The first-order chi connectivity index (χ1) is 11.4. The Balaban J connectivity index is 4.77. The van der Waals surface area contributed by atoms with Crippen molar-refractivity contribution in [1.82, 2.24) is 10.6 Å². The second-order valence-electron chi connectivity index (χ2n) is 4.66. The fraction of sp³-hybridized carbons (Fsp3) is 0.714. The van der Waals surface area contributed by atoms with Gasteiger partial charge in [-0.15, -0.1) is 0 Å². The van der Waals surface area contributed by atoms with E-state index >= 15 is 0 Å². The van der Waals surface area contributed by atoms with Gasteiger partial charge in [-0.1, -0.05) is 0 Å². The molecular formula is C14H24N2O6S2. The van der Waals surface area contributed by atoms with Crippen LogP contribution in [-0.2, 0) is 28.7 Å². The van der Waals surface area contributed by atoms with Crippen molar-refractivity contribution in [2.45, 2.75) is 24.9 Å². The normalized spacial score (nSPS) is 12.7. The molecule has 0 rings (SSSR count). The maximum absolute atomic E-state index is 12.0. The van der Waals surface area contributed by atoms with E-state index in [-0.39, 0.29) is 0 Å². The van der Waals surface area contributed by atoms with Crippen molar-refractivity contribution in [2.75, 3.05) is 38.2 Å². The number of ether oxygens (including phenoxy) is 2. The molecule has 0 aromatic rings. The molecule has 2 atom stereocenters. The summed E-state index contributed by atoms with van der Waals surface area (Å²) in [5.41, 5.74) is 0. The molecule has 0 saturated heterocycles. The molecule has 138 valence electrons. The van der Waals surface area contributed by atoms with Crippen LogP contribution in [0.2, 0.25) is 0 Å². The Morgan fingerprint density at radius 3 is 1.38 bits per heavy atom. The van der Waals surface area contributed by atoms with Gasteiger partial charge in [0.2, 0.25) is 0 Å². The van der Waals surface area contributed by atoms with Gasteiger partial charge in [0.05, 0.1) is 14.2 Å². The molecule has 8 nitrogen and oxygen atoms in total. The van der Waals surface area contributed by atoms with Crippen molar-refractivity contribution in [1.29, 1.82) is 0 Å². The number of carbonyl (C=O) groups excluding carboxylic acids is 4. The van der Waals surface area contributed by atoms with Gasteiger partial charge < -0.3 is 20.1 Å². The Labute approximate surface area is 150 Å². The maximum Gasteiger partial charge on any atom is 0.328 e. The molecule has 0 aliphatic heterocycles. The molecule has 0 unspecified atom stereocenters. The number of nitrogens with one attached hydrogen (secondary N) is 2. The van der Waals surface area contributed by atoms with Gasteiger partial charge in [-0.3, -0.25) is 9.59 Å². The summed E-state index contributed by atoms with van der Waals surface area (Å²) in [7, 11) is 2.41. The minimum absolute atomic E-state index is 0.333. The van der Waals surface area contributed by atoms with Gasteiger partial charge in [0.25, 0.3) is 0 Å². The average Bonchev–Trinajstić information content (AvgIpc) is 2.59. The molecule has 24 heavy (non-hydrogen) atoms. The van der Waals surface area contributed by atoms with E-state index in [2.05, 4.69) is 20.1 Å². The van der Waals surface area contributed by atoms with Crippen LogP contribution in [0.5, 0.6) is 0 Å². The Morgan fingerprint density at radius 2 is 1.12 bits per heavy atom. The Kier molecular flexibility index (Phi) is 12.2. The van der Waals surface area contributed by atoms with Crippen LogP contribution >= 0.6 is 23.5 Å². The smallest absolute Gasteiger partial charge is 0.328 e. The lowest BCUT2D eigenvalue weighted by atomic mass is 10.2. The van der Waals surface area contributed by atoms with Gasteiger partial charge >= 0.3 is 23.8 Å². The Hall–Kier alpha value is -1.42. The van der Waals surface area contributed by atoms with E-state index in [4.69, 9.17) is 0 Å². The van der Waals surface area contributed by atoms with Gasteiger partial charge in [-0.05, 0) is 36.9 Å². The SMILES string of the molecule is COC(=O)[C@H](CCSC)NC(=O)C(=O)N[C@@H](CCSC)C(=O)OC. The summed E-state index contributed by atoms with van der Waals surface area (Å²) in [4.78, 5) is 47.2. The maximum atomic E-state index is 12.0. The monoisotopic (exact) mass is 380 g/mol. The first-order valence-corrected chi connectivity index (χ1v) is 9.94. The summed E-state index contributed by atoms with van der Waals surface area (Å²) in [6.45, 7) is 0. The van der Waals surface area contributed by atoms with Gasteiger partial charge in [0.1, 0.15) is 12.1 Å². The molecule has 10 heteroatoms. The Morgan fingerprint density at radius 1 is 0.792 bits per heavy atom. The molecule has 2 N–H and O–H groups in total. The molecule has 0 spiro atoms. The van der Waals surface area contributed by atoms with E-state index in [1.807, 2.05) is 12.5 Å². The third-order valence-corrected chi connectivity index (χ3v) is 4.30. The number of hydrogen-bond donors (Lipinski definition) is 2. The van der Waals surface area contributed by atoms with Gasteiger partial charge in [-0.2, -0.15) is 23.5 Å². The highest BCUT2D eigenvalue weighted by atomic mass is 32.2. The third-order valence-electron chi connectivity index (χ3n) is 3.01. The van der Waals surface area contributed by atoms with Crippen LogP contribution in [0, 0.1) is 0 Å². The van der Waals surface area contributed by atoms with E-state index in [9.17, 15) is 19.2 Å². The van der Waals surface area contributed by atoms with Crippen molar-refractivity contribution >= 4 is 47.3 Å². The fourth-order valence-electron chi connectivity index (χ4n) is 1.70. The summed E-state index contributed by atoms with van der Waals surface area (Å²) in [6.07, 6.45) is 4.38. The molecule has 0 aliphatic carbocycles. The topological polar surface area (TPSA) is 111 Å². The van der Waals surface area contributed by atoms with Gasteiger partial charge in [0, 0.05) is 0 Å². The van der Waals surface area contributed by atoms with Crippen LogP contribution < -0.4 is 10.6 Å². The zero-order chi connectivity index (χ0) is 18.5. The first-order valence-electron chi connectivity index (χ1n) is 7.16. The van der Waals surface area contributed by atoms with Crippen molar-refractivity contribution in [2.24, 2.45) is 0 Å². The van der Waals surface area contributed by atoms with E-state index in [0.717, 1.165) is 0 Å². The van der Waals surface area contributed by atoms with Crippen molar-refractivity contribution in [3.63, 3.8) is 0 Å². The lowest BCUT2D eigenvalue weighted by Gasteiger charge is -2.18. The van der Waals surface area contributed by atoms with Crippen molar-refractivity contribution < 1.29 is 28.7 Å². The summed E-state index contributed by atoms with van der Waals surface area (Å²) in [5, 5.41) is 4.65. The molecule has 0 radical (unpaired) electrons. The lowest BCUT2D eigenvalue weighted by Crippen LogP contribution is -2.52. The number of thioether (sulfide) groups is 2. The summed E-state index contributed by atoms with van der Waals surface area (Å²) >= 11 is 2.99. The second kappa shape index (κ2) is 12.9. The number of hydrogen-bond acceptors (Lipinski definition) is 8. The van der Waals surface area contributed by atoms with Crippen LogP contribution in [0.15, 0.2) is 0 Å². The summed E-state index contributed by atoms with van der Waals surface area (Å²) < 4.78 is 9.22. The van der Waals surface area contributed by atoms with E-state index < -0.39 is 35.8 Å². The van der Waals surface area contributed by atoms with E-state index in [0.29, 0.717) is 24.3 Å². The second-order valence-corrected chi connectivity index (χ2v) is 6.63. The highest BCUT2D eigenvalue weighted by Gasteiger charge is 2.28.